The molecule has 0 radical (unpaired) electrons. The number of hydrogen-bond acceptors (Lipinski definition) is 6. The van der Waals surface area contributed by atoms with E-state index in [1.165, 1.54) is 0 Å². The summed E-state index contributed by atoms with van der Waals surface area (Å²) in [4.78, 5) is 32.7. The van der Waals surface area contributed by atoms with Crippen molar-refractivity contribution < 1.29 is 62.5 Å². The monoisotopic (exact) mass is 574 g/mol. The molecule has 0 rings (SSSR count). The van der Waals surface area contributed by atoms with Crippen molar-refractivity contribution in [1.29, 1.82) is 0 Å². The Kier molecular flexibility index (Phi) is 10.2. The van der Waals surface area contributed by atoms with Crippen LogP contribution in [-0.4, -0.2) is 58.6 Å². The number of halogens is 9. The SMILES string of the molecule is CC(=CC(=O)C(F)(F)F)[O][In]([O]C(C)=CC(=O)C(F)(F)F)[O]C(C)=CC(=O)C(F)(F)F. The molecule has 0 saturated carbocycles. The van der Waals surface area contributed by atoms with Gasteiger partial charge in [0.1, 0.15) is 0 Å². The van der Waals surface area contributed by atoms with Crippen LogP contribution in [0, 0.1) is 0 Å². The summed E-state index contributed by atoms with van der Waals surface area (Å²) in [5.74, 6) is -9.49. The normalized spacial score (nSPS) is 14.1. The van der Waals surface area contributed by atoms with Crippen molar-refractivity contribution in [2.75, 3.05) is 0 Å². The minimum absolute atomic E-state index is 0.0591. The molecule has 0 spiro atoms. The summed E-state index contributed by atoms with van der Waals surface area (Å²) in [6, 6.07) is 0. The Bertz CT molecular complexity index is 686. The summed E-state index contributed by atoms with van der Waals surface area (Å²) in [7, 11) is 0. The molecule has 174 valence electrons. The topological polar surface area (TPSA) is 78.9 Å². The van der Waals surface area contributed by atoms with Gasteiger partial charge in [0.2, 0.25) is 0 Å². The third-order valence-electron chi connectivity index (χ3n) is 2.69. The molecule has 0 aromatic rings. The van der Waals surface area contributed by atoms with E-state index in [-0.39, 0.29) is 18.2 Å². The van der Waals surface area contributed by atoms with Gasteiger partial charge < -0.3 is 0 Å². The Balaban J connectivity index is 5.72. The Hall–Kier alpha value is -2.13. The Morgan fingerprint density at radius 3 is 0.903 bits per heavy atom. The second-order valence-corrected chi connectivity index (χ2v) is 9.16. The van der Waals surface area contributed by atoms with Gasteiger partial charge in [0.25, 0.3) is 0 Å². The molecule has 0 atom stereocenters. The van der Waals surface area contributed by atoms with Gasteiger partial charge in [-0.25, -0.2) is 0 Å². The fraction of sp³-hybridized carbons (Fsp3) is 0.400. The van der Waals surface area contributed by atoms with Gasteiger partial charge in [-0.15, -0.1) is 0 Å². The molecule has 0 aromatic heterocycles. The molecule has 0 bridgehead atoms. The van der Waals surface area contributed by atoms with Crippen LogP contribution in [0.5, 0.6) is 0 Å². The van der Waals surface area contributed by atoms with Crippen molar-refractivity contribution in [3.05, 3.63) is 35.5 Å². The van der Waals surface area contributed by atoms with Gasteiger partial charge in [-0.1, -0.05) is 0 Å². The van der Waals surface area contributed by atoms with E-state index < -0.39 is 75.9 Å². The third kappa shape index (κ3) is 11.7. The van der Waals surface area contributed by atoms with E-state index in [2.05, 4.69) is 0 Å². The first-order valence-electron chi connectivity index (χ1n) is 7.61. The van der Waals surface area contributed by atoms with Crippen molar-refractivity contribution in [3.8, 4) is 0 Å². The molecule has 0 aliphatic rings. The van der Waals surface area contributed by atoms with Crippen molar-refractivity contribution in [2.45, 2.75) is 39.3 Å². The van der Waals surface area contributed by atoms with Crippen molar-refractivity contribution in [2.24, 2.45) is 0 Å². The summed E-state index contributed by atoms with van der Waals surface area (Å²) >= 11 is -4.84. The second kappa shape index (κ2) is 10.9. The fourth-order valence-electron chi connectivity index (χ4n) is 1.43. The van der Waals surface area contributed by atoms with E-state index in [0.29, 0.717) is 0 Å². The van der Waals surface area contributed by atoms with E-state index >= 15 is 0 Å². The summed E-state index contributed by atoms with van der Waals surface area (Å²) in [6.45, 7) is 2.42. The van der Waals surface area contributed by atoms with E-state index in [1.807, 2.05) is 0 Å². The van der Waals surface area contributed by atoms with Gasteiger partial charge in [0, 0.05) is 0 Å². The Morgan fingerprint density at radius 1 is 0.548 bits per heavy atom. The minimum atomic E-state index is -5.29. The number of rotatable bonds is 9. The third-order valence-corrected chi connectivity index (χ3v) is 7.52. The molecule has 0 N–H and O–H groups in total. The number of carbonyl (C=O) groups excluding carboxylic acids is 3. The molecule has 16 heteroatoms. The van der Waals surface area contributed by atoms with Gasteiger partial charge in [-0.2, -0.15) is 0 Å². The predicted molar refractivity (Wildman–Crippen MR) is 83.5 cm³/mol. The van der Waals surface area contributed by atoms with Gasteiger partial charge >= 0.3 is 177 Å². The number of carbonyl (C=O) groups is 3. The van der Waals surface area contributed by atoms with Crippen molar-refractivity contribution in [3.63, 3.8) is 0 Å². The van der Waals surface area contributed by atoms with Gasteiger partial charge in [-0.05, 0) is 0 Å². The number of hydrogen-bond donors (Lipinski definition) is 0. The van der Waals surface area contributed by atoms with Crippen LogP contribution >= 0.6 is 0 Å². The summed E-state index contributed by atoms with van der Waals surface area (Å²) in [5.41, 5.74) is 0. The molecule has 0 unspecified atom stereocenters. The summed E-state index contributed by atoms with van der Waals surface area (Å²) in [5, 5.41) is 0. The van der Waals surface area contributed by atoms with Gasteiger partial charge in [0.15, 0.2) is 0 Å². The van der Waals surface area contributed by atoms with Crippen molar-refractivity contribution >= 4 is 40.1 Å². The van der Waals surface area contributed by atoms with Crippen LogP contribution in [0.1, 0.15) is 20.8 Å². The fourth-order valence-corrected chi connectivity index (χ4v) is 5.02. The zero-order valence-corrected chi connectivity index (χ0v) is 19.0. The number of ketones is 3. The molecule has 0 saturated heterocycles. The molecule has 0 fully saturated rings. The predicted octanol–water partition coefficient (Wildman–Crippen LogP) is 4.13. The average Bonchev–Trinajstić information content (AvgIpc) is 2.51. The van der Waals surface area contributed by atoms with Crippen LogP contribution in [0.3, 0.4) is 0 Å². The maximum atomic E-state index is 12.3. The first-order valence-corrected chi connectivity index (χ1v) is 11.7. The second-order valence-electron chi connectivity index (χ2n) is 5.49. The van der Waals surface area contributed by atoms with Crippen LogP contribution in [0.4, 0.5) is 39.5 Å². The molecular weight excluding hydrogens is 562 g/mol. The van der Waals surface area contributed by atoms with Crippen LogP contribution in [0.25, 0.3) is 0 Å². The molecule has 31 heavy (non-hydrogen) atoms. The zero-order valence-electron chi connectivity index (χ0n) is 15.7. The number of allylic oxidation sites excluding steroid dienone is 6. The molecule has 0 aromatic carbocycles. The molecule has 0 amide bonds. The standard InChI is InChI=1S/3C5H5F3O2.In/c3*1-3(9)2-4(10)5(6,7)8;/h3*2,9H,1H3;/q;;;+3/p-3. The van der Waals surface area contributed by atoms with E-state index in [1.54, 1.807) is 0 Å². The summed E-state index contributed by atoms with van der Waals surface area (Å²) < 4.78 is 125. The van der Waals surface area contributed by atoms with E-state index in [4.69, 9.17) is 8.56 Å². The van der Waals surface area contributed by atoms with Crippen LogP contribution in [0.2, 0.25) is 0 Å². The van der Waals surface area contributed by atoms with Gasteiger partial charge in [0.05, 0.1) is 0 Å². The quantitative estimate of drug-likeness (QED) is 0.234. The van der Waals surface area contributed by atoms with Crippen LogP contribution in [0.15, 0.2) is 35.5 Å². The Morgan fingerprint density at radius 2 is 0.742 bits per heavy atom. The zero-order chi connectivity index (χ0) is 24.8. The Labute approximate surface area is 177 Å². The molecule has 0 heterocycles. The maximum absolute atomic E-state index is 12.3. The average molecular weight is 574 g/mol. The molecule has 0 aliphatic heterocycles. The molecule has 0 aliphatic carbocycles. The van der Waals surface area contributed by atoms with Crippen LogP contribution < -0.4 is 0 Å². The molecular formula is C15H12F9InO6. The van der Waals surface area contributed by atoms with E-state index in [0.717, 1.165) is 20.8 Å². The first-order chi connectivity index (χ1) is 13.7. The summed E-state index contributed by atoms with van der Waals surface area (Å²) in [6.07, 6.45) is -16.0. The molecule has 6 nitrogen and oxygen atoms in total. The first kappa shape index (κ1) is 28.9. The van der Waals surface area contributed by atoms with Gasteiger partial charge in [-0.3, -0.25) is 0 Å². The number of alkyl halides is 9. The van der Waals surface area contributed by atoms with Crippen LogP contribution in [-0.2, 0) is 22.9 Å². The van der Waals surface area contributed by atoms with E-state index in [9.17, 15) is 53.9 Å². The van der Waals surface area contributed by atoms with Crippen molar-refractivity contribution in [1.82, 2.24) is 0 Å².